The summed E-state index contributed by atoms with van der Waals surface area (Å²) < 4.78 is 36.3. The predicted molar refractivity (Wildman–Crippen MR) is 98.3 cm³/mol. The molecule has 0 aliphatic carbocycles. The van der Waals surface area contributed by atoms with E-state index in [0.717, 1.165) is 6.08 Å². The third-order valence-corrected chi connectivity index (χ3v) is 2.96. The van der Waals surface area contributed by atoms with Crippen LogP contribution >= 0.6 is 0 Å². The highest BCUT2D eigenvalue weighted by Crippen LogP contribution is 1.86. The van der Waals surface area contributed by atoms with Crippen molar-refractivity contribution in [2.75, 3.05) is 85.9 Å². The van der Waals surface area contributed by atoms with Gasteiger partial charge in [-0.3, -0.25) is 4.79 Å². The van der Waals surface area contributed by atoms with Crippen LogP contribution in [-0.4, -0.2) is 103 Å². The first-order valence-electron chi connectivity index (χ1n) is 9.14. The molecule has 0 spiro atoms. The van der Waals surface area contributed by atoms with Crippen LogP contribution in [0.3, 0.4) is 0 Å². The zero-order valence-corrected chi connectivity index (χ0v) is 16.3. The monoisotopic (exact) mass is 408 g/mol. The van der Waals surface area contributed by atoms with Gasteiger partial charge in [0.15, 0.2) is 0 Å². The number of carboxylic acid groups (broad SMARTS) is 1. The molecule has 0 rings (SSSR count). The van der Waals surface area contributed by atoms with Crippen molar-refractivity contribution in [1.82, 2.24) is 0 Å². The molecule has 0 aromatic carbocycles. The average molecular weight is 408 g/mol. The minimum atomic E-state index is -0.877. The van der Waals surface area contributed by atoms with Gasteiger partial charge in [-0.2, -0.15) is 0 Å². The van der Waals surface area contributed by atoms with Gasteiger partial charge in [-0.25, -0.2) is 4.79 Å². The Hall–Kier alpha value is -1.56. The molecule has 0 aromatic heterocycles. The molecule has 0 aliphatic rings. The van der Waals surface area contributed by atoms with Gasteiger partial charge in [0, 0.05) is 6.08 Å². The Balaban J connectivity index is 3.04. The molecular weight excluding hydrogens is 376 g/mol. The lowest BCUT2D eigenvalue weighted by molar-refractivity contribution is -0.140. The van der Waals surface area contributed by atoms with E-state index in [9.17, 15) is 9.59 Å². The zero-order valence-electron chi connectivity index (χ0n) is 16.3. The first-order chi connectivity index (χ1) is 13.7. The molecule has 0 saturated carbocycles. The van der Waals surface area contributed by atoms with E-state index in [-0.39, 0.29) is 19.6 Å². The summed E-state index contributed by atoms with van der Waals surface area (Å²) >= 11 is 0. The van der Waals surface area contributed by atoms with Crippen LogP contribution in [0.15, 0.2) is 12.7 Å². The van der Waals surface area contributed by atoms with Gasteiger partial charge in [0.05, 0.1) is 85.7 Å². The van der Waals surface area contributed by atoms with Gasteiger partial charge in [-0.1, -0.05) is 6.58 Å². The standard InChI is InChI=1S/C18H32O10/c1-2-18(21)28-16-15-27-14-13-26-12-11-25-10-9-24-8-7-23-6-5-22-4-3-17(19)20/h2H,1,3-16H2,(H,19,20). The largest absolute Gasteiger partial charge is 0.481 e. The van der Waals surface area contributed by atoms with Crippen LogP contribution < -0.4 is 0 Å². The lowest BCUT2D eigenvalue weighted by Crippen LogP contribution is -2.15. The van der Waals surface area contributed by atoms with E-state index in [4.69, 9.17) is 38.3 Å². The van der Waals surface area contributed by atoms with Crippen LogP contribution in [0.1, 0.15) is 6.42 Å². The number of carbonyl (C=O) groups is 2. The number of hydrogen-bond acceptors (Lipinski definition) is 9. The maximum Gasteiger partial charge on any atom is 0.330 e. The minimum Gasteiger partial charge on any atom is -0.481 e. The lowest BCUT2D eigenvalue weighted by Gasteiger charge is -2.08. The van der Waals surface area contributed by atoms with Crippen molar-refractivity contribution >= 4 is 11.9 Å². The molecule has 10 nitrogen and oxygen atoms in total. The van der Waals surface area contributed by atoms with Crippen LogP contribution in [0.2, 0.25) is 0 Å². The molecule has 0 amide bonds. The highest BCUT2D eigenvalue weighted by Gasteiger charge is 1.97. The molecule has 0 fully saturated rings. The fraction of sp³-hybridized carbons (Fsp3) is 0.778. The van der Waals surface area contributed by atoms with Crippen LogP contribution in [0, 0.1) is 0 Å². The molecular formula is C18H32O10. The second-order valence-corrected chi connectivity index (χ2v) is 5.19. The molecule has 0 saturated heterocycles. The molecule has 1 N–H and O–H groups in total. The Kier molecular flexibility index (Phi) is 20.5. The molecule has 0 radical (unpaired) electrons. The van der Waals surface area contributed by atoms with E-state index in [1.54, 1.807) is 0 Å². The molecule has 0 aromatic rings. The maximum absolute atomic E-state index is 10.8. The number of hydrogen-bond donors (Lipinski definition) is 1. The van der Waals surface area contributed by atoms with Crippen LogP contribution in [0.4, 0.5) is 0 Å². The van der Waals surface area contributed by atoms with Crippen molar-refractivity contribution in [2.45, 2.75) is 6.42 Å². The van der Waals surface area contributed by atoms with Gasteiger partial charge in [0.25, 0.3) is 0 Å². The quantitative estimate of drug-likeness (QED) is 0.152. The molecule has 0 bridgehead atoms. The summed E-state index contributed by atoms with van der Waals surface area (Å²) in [5, 5.41) is 8.42. The summed E-state index contributed by atoms with van der Waals surface area (Å²) in [5.41, 5.74) is 0. The summed E-state index contributed by atoms with van der Waals surface area (Å²) in [6.07, 6.45) is 1.10. The van der Waals surface area contributed by atoms with Gasteiger partial charge >= 0.3 is 11.9 Å². The summed E-state index contributed by atoms with van der Waals surface area (Å²) in [5.74, 6) is -1.34. The van der Waals surface area contributed by atoms with Crippen molar-refractivity contribution in [3.63, 3.8) is 0 Å². The van der Waals surface area contributed by atoms with Crippen molar-refractivity contribution in [1.29, 1.82) is 0 Å². The van der Waals surface area contributed by atoms with Crippen molar-refractivity contribution < 1.29 is 47.9 Å². The Morgan fingerprint density at radius 2 is 0.929 bits per heavy atom. The van der Waals surface area contributed by atoms with Gasteiger partial charge in [-0.05, 0) is 0 Å². The van der Waals surface area contributed by atoms with Gasteiger partial charge in [0.1, 0.15) is 6.61 Å². The van der Waals surface area contributed by atoms with E-state index in [1.165, 1.54) is 0 Å². The third-order valence-electron chi connectivity index (χ3n) is 2.96. The molecule has 0 atom stereocenters. The van der Waals surface area contributed by atoms with Crippen LogP contribution in [0.25, 0.3) is 0 Å². The molecule has 0 heterocycles. The number of ether oxygens (including phenoxy) is 7. The summed E-state index contributed by atoms with van der Waals surface area (Å²) in [6.45, 7) is 8.36. The molecule has 164 valence electrons. The van der Waals surface area contributed by atoms with E-state index >= 15 is 0 Å². The Morgan fingerprint density at radius 3 is 1.25 bits per heavy atom. The number of carbonyl (C=O) groups excluding carboxylic acids is 1. The zero-order chi connectivity index (χ0) is 20.7. The predicted octanol–water partition coefficient (Wildman–Crippen LogP) is 0.290. The van der Waals surface area contributed by atoms with Gasteiger partial charge < -0.3 is 38.3 Å². The second kappa shape index (κ2) is 21.7. The van der Waals surface area contributed by atoms with Crippen molar-refractivity contribution in [3.8, 4) is 0 Å². The highest BCUT2D eigenvalue weighted by atomic mass is 16.6. The average Bonchev–Trinajstić information content (AvgIpc) is 2.68. The van der Waals surface area contributed by atoms with E-state index in [1.807, 2.05) is 0 Å². The molecule has 0 aliphatic heterocycles. The first-order valence-corrected chi connectivity index (χ1v) is 9.14. The smallest absolute Gasteiger partial charge is 0.330 e. The van der Waals surface area contributed by atoms with Crippen molar-refractivity contribution in [2.24, 2.45) is 0 Å². The second-order valence-electron chi connectivity index (χ2n) is 5.19. The molecule has 28 heavy (non-hydrogen) atoms. The number of carboxylic acids is 1. The van der Waals surface area contributed by atoms with Crippen molar-refractivity contribution in [3.05, 3.63) is 12.7 Å². The Labute approximate surface area is 165 Å². The number of rotatable bonds is 22. The van der Waals surface area contributed by atoms with Crippen LogP contribution in [-0.2, 0) is 42.7 Å². The SMILES string of the molecule is C=CC(=O)OCCOCCOCCOCCOCCOCCOCCC(=O)O. The fourth-order valence-electron chi connectivity index (χ4n) is 1.62. The molecule has 10 heteroatoms. The minimum absolute atomic E-state index is 0.00302. The van der Waals surface area contributed by atoms with E-state index in [0.29, 0.717) is 72.7 Å². The Morgan fingerprint density at radius 1 is 0.607 bits per heavy atom. The fourth-order valence-corrected chi connectivity index (χ4v) is 1.62. The van der Waals surface area contributed by atoms with Gasteiger partial charge in [0.2, 0.25) is 0 Å². The van der Waals surface area contributed by atoms with E-state index < -0.39 is 11.9 Å². The summed E-state index contributed by atoms with van der Waals surface area (Å²) in [7, 11) is 0. The normalized spacial score (nSPS) is 10.7. The highest BCUT2D eigenvalue weighted by molar-refractivity contribution is 5.81. The van der Waals surface area contributed by atoms with Gasteiger partial charge in [-0.15, -0.1) is 0 Å². The first kappa shape index (κ1) is 26.4. The topological polar surface area (TPSA) is 119 Å². The number of esters is 1. The third kappa shape index (κ3) is 22.5. The van der Waals surface area contributed by atoms with Crippen LogP contribution in [0.5, 0.6) is 0 Å². The lowest BCUT2D eigenvalue weighted by atomic mass is 10.5. The summed E-state index contributed by atoms with van der Waals surface area (Å²) in [4.78, 5) is 21.0. The molecule has 0 unspecified atom stereocenters. The maximum atomic E-state index is 10.8. The summed E-state index contributed by atoms with van der Waals surface area (Å²) in [6, 6.07) is 0. The Bertz CT molecular complexity index is 389. The van der Waals surface area contributed by atoms with E-state index in [2.05, 4.69) is 6.58 Å². The number of aliphatic carboxylic acids is 1.